The number of rotatable bonds is 14. The third kappa shape index (κ3) is 11.1. The van der Waals surface area contributed by atoms with Gasteiger partial charge in [-0.2, -0.15) is 0 Å². The molecule has 1 atom stereocenters. The predicted octanol–water partition coefficient (Wildman–Crippen LogP) is 2.85. The minimum Gasteiger partial charge on any atom is -0.369 e. The number of carbonyl (C=O) groups is 5. The van der Waals surface area contributed by atoms with Crippen molar-refractivity contribution in [2.75, 3.05) is 102 Å². The maximum absolute atomic E-state index is 13.3. The Balaban J connectivity index is 0.633. The number of hydrogen-bond donors (Lipinski definition) is 2. The normalized spacial score (nSPS) is 22.0. The first-order valence-corrected chi connectivity index (χ1v) is 24.2. The van der Waals surface area contributed by atoms with E-state index in [1.165, 1.54) is 0 Å². The zero-order valence-corrected chi connectivity index (χ0v) is 38.1. The highest BCUT2D eigenvalue weighted by Crippen LogP contribution is 2.31. The van der Waals surface area contributed by atoms with E-state index in [9.17, 15) is 24.0 Å². The van der Waals surface area contributed by atoms with Crippen LogP contribution in [0.2, 0.25) is 0 Å². The number of anilines is 2. The van der Waals surface area contributed by atoms with E-state index in [-0.39, 0.29) is 36.0 Å². The fourth-order valence-corrected chi connectivity index (χ4v) is 10.6. The molecule has 5 fully saturated rings. The Morgan fingerprint density at radius 1 is 0.788 bits per heavy atom. The Bertz CT molecular complexity index is 2210. The molecule has 0 aliphatic carbocycles. The zero-order chi connectivity index (χ0) is 45.4. The highest BCUT2D eigenvalue weighted by Gasteiger charge is 2.39. The number of pyridine rings is 1. The fourth-order valence-electron chi connectivity index (χ4n) is 10.6. The zero-order valence-electron chi connectivity index (χ0n) is 38.1. The van der Waals surface area contributed by atoms with Crippen LogP contribution in [-0.2, 0) is 20.9 Å². The molecule has 17 nitrogen and oxygen atoms in total. The van der Waals surface area contributed by atoms with Crippen LogP contribution in [0.25, 0.3) is 6.08 Å². The van der Waals surface area contributed by atoms with Crippen LogP contribution in [0.5, 0.6) is 0 Å². The van der Waals surface area contributed by atoms with Crippen molar-refractivity contribution in [1.82, 2.24) is 50.3 Å². The number of unbranched alkanes of at least 4 members (excludes halogenated alkanes) is 1. The number of aromatic nitrogens is 3. The van der Waals surface area contributed by atoms with Crippen LogP contribution in [0.4, 0.5) is 11.5 Å². The second-order valence-corrected chi connectivity index (χ2v) is 18.8. The standard InChI is InChI=1S/C49H64N12O5/c62-45(12-6-37-5-3-18-50-33-37)51-19-2-1-4-36-14-20-60(21-15-36)49(66)42-9-11-44(54-53-42)59-22-16-39(17-23-59)57-28-24-55(25-29-57)35-56-26-30-58(31-27-56)40-7-8-41-38(32-40)34-61(48(41)65)43-10-13-46(63)52-47(43)64/h3,5-9,11-12,18,32-33,36,39,43H,1-2,4,10,13-17,19-31,34-35H2,(H,51,62)(H,52,63,64)/b12-6+. The number of benzene rings is 1. The molecule has 1 unspecified atom stereocenters. The van der Waals surface area contributed by atoms with E-state index >= 15 is 0 Å². The number of likely N-dealkylation sites (tertiary alicyclic amines) is 1. The average molecular weight is 901 g/mol. The maximum Gasteiger partial charge on any atom is 0.274 e. The van der Waals surface area contributed by atoms with Crippen molar-refractivity contribution in [1.29, 1.82) is 0 Å². The van der Waals surface area contributed by atoms with Crippen LogP contribution in [0, 0.1) is 5.92 Å². The van der Waals surface area contributed by atoms with Crippen molar-refractivity contribution in [3.05, 3.63) is 83.3 Å². The topological polar surface area (TPSA) is 171 Å². The molecule has 5 saturated heterocycles. The van der Waals surface area contributed by atoms with Crippen molar-refractivity contribution in [2.24, 2.45) is 5.92 Å². The Labute approximate surface area is 387 Å². The van der Waals surface area contributed by atoms with E-state index in [2.05, 4.69) is 56.4 Å². The van der Waals surface area contributed by atoms with E-state index in [1.807, 2.05) is 41.3 Å². The highest BCUT2D eigenvalue weighted by molar-refractivity contribution is 6.05. The molecule has 350 valence electrons. The summed E-state index contributed by atoms with van der Waals surface area (Å²) in [5.41, 5.74) is 4.03. The lowest BCUT2D eigenvalue weighted by molar-refractivity contribution is -0.137. The van der Waals surface area contributed by atoms with E-state index in [4.69, 9.17) is 0 Å². The SMILES string of the molecule is O=C(/C=C/c1cccnc1)NCCCCC1CCN(C(=O)c2ccc(N3CCC(N4CCN(CN5CCN(c6ccc7c(c6)CN(C6CCC(=O)NC6=O)C7=O)CC5)CC4)CC3)nn2)CC1. The molecule has 3 aromatic rings. The Hall–Kier alpha value is -5.78. The van der Waals surface area contributed by atoms with Gasteiger partial charge in [0.1, 0.15) is 6.04 Å². The number of nitrogens with one attached hydrogen (secondary N) is 2. The van der Waals surface area contributed by atoms with Crippen LogP contribution in [0.15, 0.2) is 60.9 Å². The van der Waals surface area contributed by atoms with Crippen LogP contribution < -0.4 is 20.4 Å². The molecule has 66 heavy (non-hydrogen) atoms. The molecule has 0 saturated carbocycles. The first kappa shape index (κ1) is 45.4. The summed E-state index contributed by atoms with van der Waals surface area (Å²) in [4.78, 5) is 82.8. The molecule has 2 aromatic heterocycles. The van der Waals surface area contributed by atoms with Crippen LogP contribution in [0.1, 0.15) is 89.8 Å². The van der Waals surface area contributed by atoms with Crippen LogP contribution in [0.3, 0.4) is 0 Å². The average Bonchev–Trinajstić information content (AvgIpc) is 3.68. The van der Waals surface area contributed by atoms with Crippen molar-refractivity contribution < 1.29 is 24.0 Å². The number of piperidine rings is 3. The Morgan fingerprint density at radius 2 is 1.56 bits per heavy atom. The lowest BCUT2D eigenvalue weighted by Gasteiger charge is -2.44. The summed E-state index contributed by atoms with van der Waals surface area (Å²) >= 11 is 0. The molecule has 0 radical (unpaired) electrons. The third-order valence-electron chi connectivity index (χ3n) is 14.6. The van der Waals surface area contributed by atoms with Gasteiger partial charge < -0.3 is 24.9 Å². The molecule has 8 heterocycles. The van der Waals surface area contributed by atoms with E-state index in [1.54, 1.807) is 29.4 Å². The Kier molecular flexibility index (Phi) is 14.6. The second kappa shape index (κ2) is 21.2. The number of amides is 5. The minimum absolute atomic E-state index is 0.0351. The first-order chi connectivity index (χ1) is 32.2. The van der Waals surface area contributed by atoms with Gasteiger partial charge in [0.15, 0.2) is 11.5 Å². The van der Waals surface area contributed by atoms with Gasteiger partial charge in [0.2, 0.25) is 17.7 Å². The molecule has 5 amide bonds. The van der Waals surface area contributed by atoms with Gasteiger partial charge in [-0.25, -0.2) is 0 Å². The summed E-state index contributed by atoms with van der Waals surface area (Å²) in [6.07, 6.45) is 14.6. The molecule has 6 aliphatic rings. The maximum atomic E-state index is 13.3. The van der Waals surface area contributed by atoms with E-state index in [0.29, 0.717) is 42.7 Å². The minimum atomic E-state index is -0.596. The summed E-state index contributed by atoms with van der Waals surface area (Å²) < 4.78 is 0. The van der Waals surface area contributed by atoms with Crippen molar-refractivity contribution in [3.8, 4) is 0 Å². The number of nitrogens with zero attached hydrogens (tertiary/aromatic N) is 10. The number of piperazine rings is 2. The largest absolute Gasteiger partial charge is 0.369 e. The van der Waals surface area contributed by atoms with Crippen LogP contribution >= 0.6 is 0 Å². The summed E-state index contributed by atoms with van der Waals surface area (Å²) in [6.45, 7) is 13.5. The van der Waals surface area contributed by atoms with Gasteiger partial charge in [-0.05, 0) is 98.0 Å². The van der Waals surface area contributed by atoms with Gasteiger partial charge in [-0.1, -0.05) is 18.9 Å². The smallest absolute Gasteiger partial charge is 0.274 e. The third-order valence-corrected chi connectivity index (χ3v) is 14.6. The first-order valence-electron chi connectivity index (χ1n) is 24.2. The predicted molar refractivity (Wildman–Crippen MR) is 250 cm³/mol. The molecule has 0 spiro atoms. The van der Waals surface area contributed by atoms with Gasteiger partial charge in [-0.3, -0.25) is 49.0 Å². The number of imide groups is 1. The van der Waals surface area contributed by atoms with E-state index < -0.39 is 6.04 Å². The quantitative estimate of drug-likeness (QED) is 0.138. The molecule has 9 rings (SSSR count). The van der Waals surface area contributed by atoms with Gasteiger partial charge in [0.05, 0.1) is 6.67 Å². The summed E-state index contributed by atoms with van der Waals surface area (Å²) in [5, 5.41) is 14.3. The molecular weight excluding hydrogens is 837 g/mol. The molecule has 1 aromatic carbocycles. The lowest BCUT2D eigenvalue weighted by Crippen LogP contribution is -2.56. The molecule has 0 bridgehead atoms. The number of hydrogen-bond acceptors (Lipinski definition) is 13. The monoisotopic (exact) mass is 901 g/mol. The fraction of sp³-hybridized carbons (Fsp3) is 0.551. The molecular formula is C49H64N12O5. The number of fused-ring (bicyclic) bond motifs is 1. The lowest BCUT2D eigenvalue weighted by atomic mass is 9.91. The van der Waals surface area contributed by atoms with Crippen molar-refractivity contribution in [2.45, 2.75) is 76.4 Å². The Morgan fingerprint density at radius 3 is 2.27 bits per heavy atom. The van der Waals surface area contributed by atoms with E-state index in [0.717, 1.165) is 153 Å². The van der Waals surface area contributed by atoms with Crippen molar-refractivity contribution in [3.63, 3.8) is 0 Å². The van der Waals surface area contributed by atoms with Gasteiger partial charge in [0.25, 0.3) is 11.8 Å². The van der Waals surface area contributed by atoms with Gasteiger partial charge in [0, 0.05) is 134 Å². The molecule has 2 N–H and O–H groups in total. The van der Waals surface area contributed by atoms with Crippen molar-refractivity contribution >= 4 is 47.1 Å². The second-order valence-electron chi connectivity index (χ2n) is 18.8. The number of carbonyl (C=O) groups excluding carboxylic acids is 5. The van der Waals surface area contributed by atoms with Crippen LogP contribution in [-0.4, -0.2) is 173 Å². The highest BCUT2D eigenvalue weighted by atomic mass is 16.2. The summed E-state index contributed by atoms with van der Waals surface area (Å²) in [6, 6.07) is 13.6. The summed E-state index contributed by atoms with van der Waals surface area (Å²) in [7, 11) is 0. The van der Waals surface area contributed by atoms with Gasteiger partial charge in [-0.15, -0.1) is 10.2 Å². The molecule has 17 heteroatoms. The molecule has 6 aliphatic heterocycles. The van der Waals surface area contributed by atoms with Gasteiger partial charge >= 0.3 is 0 Å². The summed E-state index contributed by atoms with van der Waals surface area (Å²) in [5.74, 6) is 0.527.